The van der Waals surface area contributed by atoms with Gasteiger partial charge in [-0.25, -0.2) is 14.2 Å². The van der Waals surface area contributed by atoms with Gasteiger partial charge in [-0.15, -0.1) is 10.2 Å². The molecule has 13 heteroatoms. The molecule has 0 saturated carbocycles. The number of fused-ring (bicyclic) bond motifs is 2. The van der Waals surface area contributed by atoms with E-state index in [2.05, 4.69) is 32.4 Å². The zero-order chi connectivity index (χ0) is 25.8. The largest absolute Gasteiger partial charge is 0.481 e. The Bertz CT molecular complexity index is 1330. The maximum Gasteiger partial charge on any atom is 0.417 e. The minimum Gasteiger partial charge on any atom is -0.481 e. The summed E-state index contributed by atoms with van der Waals surface area (Å²) in [6, 6.07) is 1.74. The SMILES string of the molecule is COc1ccnc(-c2cc(NC(=O)N3[C@H]4C[C@H](C)C[C@]3(c3nnc(C)o3)C4)c(F)cc2C(F)(F)F)n1. The fraction of sp³-hybridized carbons (Fsp3) is 0.435. The number of rotatable bonds is 4. The van der Waals surface area contributed by atoms with Crippen molar-refractivity contribution in [3.05, 3.63) is 47.6 Å². The minimum absolute atomic E-state index is 0.0300. The number of amides is 2. The summed E-state index contributed by atoms with van der Waals surface area (Å²) in [7, 11) is 1.30. The number of piperidine rings is 1. The Balaban J connectivity index is 1.51. The first-order valence-electron chi connectivity index (χ1n) is 11.2. The molecule has 190 valence electrons. The first kappa shape index (κ1) is 23.9. The van der Waals surface area contributed by atoms with E-state index in [0.29, 0.717) is 24.8 Å². The average Bonchev–Trinajstić information content (AvgIpc) is 3.25. The van der Waals surface area contributed by atoms with E-state index < -0.39 is 40.4 Å². The highest BCUT2D eigenvalue weighted by Gasteiger charge is 2.62. The molecular weight excluding hydrogens is 484 g/mol. The number of halogens is 4. The molecule has 2 aliphatic rings. The van der Waals surface area contributed by atoms with Crippen LogP contribution in [0.1, 0.15) is 43.5 Å². The summed E-state index contributed by atoms with van der Waals surface area (Å²) < 4.78 is 66.8. The average molecular weight is 506 g/mol. The van der Waals surface area contributed by atoms with Crippen molar-refractivity contribution in [2.24, 2.45) is 5.92 Å². The van der Waals surface area contributed by atoms with E-state index in [9.17, 15) is 22.4 Å². The van der Waals surface area contributed by atoms with Crippen molar-refractivity contribution in [1.29, 1.82) is 0 Å². The molecule has 0 unspecified atom stereocenters. The molecule has 9 nitrogen and oxygen atoms in total. The summed E-state index contributed by atoms with van der Waals surface area (Å²) in [5.41, 5.74) is -3.07. The number of aromatic nitrogens is 4. The second-order valence-electron chi connectivity index (χ2n) is 9.16. The van der Waals surface area contributed by atoms with Gasteiger partial charge in [-0.2, -0.15) is 18.2 Å². The number of benzene rings is 1. The van der Waals surface area contributed by atoms with E-state index in [-0.39, 0.29) is 29.6 Å². The number of hydrogen-bond donors (Lipinski definition) is 1. The molecule has 1 N–H and O–H groups in total. The highest BCUT2D eigenvalue weighted by atomic mass is 19.4. The van der Waals surface area contributed by atoms with E-state index in [1.165, 1.54) is 24.3 Å². The summed E-state index contributed by atoms with van der Waals surface area (Å²) in [6.07, 6.45) is -1.78. The Morgan fingerprint density at radius 3 is 2.72 bits per heavy atom. The van der Waals surface area contributed by atoms with Gasteiger partial charge in [-0.05, 0) is 30.9 Å². The number of aryl methyl sites for hydroxylation is 1. The number of anilines is 1. The van der Waals surface area contributed by atoms with Gasteiger partial charge in [0.1, 0.15) is 11.4 Å². The number of carbonyl (C=O) groups excluding carboxylic acids is 1. The predicted octanol–water partition coefficient (Wildman–Crippen LogP) is 4.93. The lowest BCUT2D eigenvalue weighted by molar-refractivity contribution is -0.137. The zero-order valence-corrected chi connectivity index (χ0v) is 19.6. The zero-order valence-electron chi connectivity index (χ0n) is 19.6. The van der Waals surface area contributed by atoms with Crippen LogP contribution in [0, 0.1) is 18.7 Å². The molecule has 2 bridgehead atoms. The van der Waals surface area contributed by atoms with Crippen LogP contribution in [0.3, 0.4) is 0 Å². The number of nitrogens with one attached hydrogen (secondary N) is 1. The van der Waals surface area contributed by atoms with Gasteiger partial charge in [0.2, 0.25) is 17.7 Å². The third kappa shape index (κ3) is 3.91. The van der Waals surface area contributed by atoms with Gasteiger partial charge in [0.05, 0.1) is 18.4 Å². The van der Waals surface area contributed by atoms with Gasteiger partial charge in [0, 0.05) is 37.2 Å². The molecule has 2 saturated heterocycles. The first-order valence-corrected chi connectivity index (χ1v) is 11.2. The van der Waals surface area contributed by atoms with E-state index >= 15 is 0 Å². The monoisotopic (exact) mass is 506 g/mol. The molecule has 5 rings (SSSR count). The Morgan fingerprint density at radius 2 is 2.06 bits per heavy atom. The Kier molecular flexibility index (Phi) is 5.60. The van der Waals surface area contributed by atoms with Crippen LogP contribution < -0.4 is 10.1 Å². The van der Waals surface area contributed by atoms with Crippen molar-refractivity contribution < 1.29 is 31.5 Å². The second kappa shape index (κ2) is 8.42. The lowest BCUT2D eigenvalue weighted by atomic mass is 9.64. The number of ether oxygens (including phenoxy) is 1. The van der Waals surface area contributed by atoms with Crippen molar-refractivity contribution >= 4 is 11.7 Å². The van der Waals surface area contributed by atoms with Gasteiger partial charge in [-0.3, -0.25) is 0 Å². The molecule has 0 radical (unpaired) electrons. The number of carbonyl (C=O) groups is 1. The lowest BCUT2D eigenvalue weighted by Crippen LogP contribution is -2.70. The van der Waals surface area contributed by atoms with Crippen LogP contribution in [0.15, 0.2) is 28.8 Å². The molecule has 2 aliphatic heterocycles. The number of methoxy groups -OCH3 is 1. The highest BCUT2D eigenvalue weighted by molar-refractivity contribution is 5.92. The quantitative estimate of drug-likeness (QED) is 0.500. The summed E-state index contributed by atoms with van der Waals surface area (Å²) in [6.45, 7) is 3.69. The van der Waals surface area contributed by atoms with Gasteiger partial charge in [-0.1, -0.05) is 6.92 Å². The molecule has 3 aromatic rings. The van der Waals surface area contributed by atoms with Crippen LogP contribution >= 0.6 is 0 Å². The molecule has 4 heterocycles. The molecule has 0 spiro atoms. The normalized spacial score (nSPS) is 23.2. The number of hydrogen-bond acceptors (Lipinski definition) is 7. The summed E-state index contributed by atoms with van der Waals surface area (Å²) in [5.74, 6) is -0.634. The molecule has 36 heavy (non-hydrogen) atoms. The Hall–Kier alpha value is -3.77. The van der Waals surface area contributed by atoms with Crippen LogP contribution in [-0.4, -0.2) is 44.2 Å². The van der Waals surface area contributed by atoms with E-state index in [1.54, 1.807) is 6.92 Å². The van der Waals surface area contributed by atoms with Crippen LogP contribution in [0.25, 0.3) is 11.4 Å². The first-order chi connectivity index (χ1) is 17.0. The fourth-order valence-electron chi connectivity index (χ4n) is 5.28. The van der Waals surface area contributed by atoms with Crippen molar-refractivity contribution in [3.63, 3.8) is 0 Å². The molecule has 2 aromatic heterocycles. The van der Waals surface area contributed by atoms with Gasteiger partial charge < -0.3 is 19.4 Å². The molecule has 2 amide bonds. The van der Waals surface area contributed by atoms with Gasteiger partial charge in [0.25, 0.3) is 0 Å². The van der Waals surface area contributed by atoms with Crippen molar-refractivity contribution in [2.75, 3.05) is 12.4 Å². The maximum absolute atomic E-state index is 14.9. The maximum atomic E-state index is 14.9. The number of nitrogens with zero attached hydrogens (tertiary/aromatic N) is 5. The number of urea groups is 1. The second-order valence-corrected chi connectivity index (χ2v) is 9.16. The molecular formula is C23H22F4N6O3. The van der Waals surface area contributed by atoms with Crippen molar-refractivity contribution in [3.8, 4) is 17.3 Å². The third-order valence-corrected chi connectivity index (χ3v) is 6.64. The van der Waals surface area contributed by atoms with E-state index in [1.807, 2.05) is 0 Å². The molecule has 3 atom stereocenters. The minimum atomic E-state index is -4.89. The molecule has 0 aliphatic carbocycles. The third-order valence-electron chi connectivity index (χ3n) is 6.64. The van der Waals surface area contributed by atoms with Gasteiger partial charge >= 0.3 is 12.2 Å². The van der Waals surface area contributed by atoms with Crippen LogP contribution in [0.2, 0.25) is 0 Å². The van der Waals surface area contributed by atoms with Crippen LogP contribution in [-0.2, 0) is 11.7 Å². The highest BCUT2D eigenvalue weighted by Crippen LogP contribution is 2.55. The topological polar surface area (TPSA) is 106 Å². The van der Waals surface area contributed by atoms with Gasteiger partial charge in [0.15, 0.2) is 5.82 Å². The Morgan fingerprint density at radius 1 is 1.28 bits per heavy atom. The van der Waals surface area contributed by atoms with Crippen molar-refractivity contribution in [2.45, 2.75) is 50.9 Å². The fourth-order valence-corrected chi connectivity index (χ4v) is 5.28. The smallest absolute Gasteiger partial charge is 0.417 e. The summed E-state index contributed by atoms with van der Waals surface area (Å²) in [5, 5.41) is 10.4. The predicted molar refractivity (Wildman–Crippen MR) is 117 cm³/mol. The van der Waals surface area contributed by atoms with Crippen LogP contribution in [0.4, 0.5) is 28.0 Å². The summed E-state index contributed by atoms with van der Waals surface area (Å²) >= 11 is 0. The van der Waals surface area contributed by atoms with Crippen molar-refractivity contribution in [1.82, 2.24) is 25.1 Å². The summed E-state index contributed by atoms with van der Waals surface area (Å²) in [4.78, 5) is 22.7. The number of alkyl halides is 3. The molecule has 2 fully saturated rings. The molecule has 1 aromatic carbocycles. The lowest BCUT2D eigenvalue weighted by Gasteiger charge is -2.61. The van der Waals surface area contributed by atoms with E-state index in [4.69, 9.17) is 9.15 Å². The van der Waals surface area contributed by atoms with E-state index in [0.717, 1.165) is 12.5 Å². The Labute approximate surface area is 202 Å². The van der Waals surface area contributed by atoms with Crippen LogP contribution in [0.5, 0.6) is 5.88 Å². The standard InChI is InChI=1S/C23H22F4N6O3/c1-11-6-13-10-22(9-11,20-32-31-12(2)36-20)33(13)21(34)29-17-7-14(15(8-16(17)24)23(25,26)27)19-28-5-4-18(30-19)35-3/h4-5,7-8,11,13H,6,9-10H2,1-3H3,(H,29,34)/t11-,13-,22+/m0/s1.